The minimum Gasteiger partial charge on any atom is -0.236 e. The fourth-order valence-corrected chi connectivity index (χ4v) is 4.62. The molecule has 18 heavy (non-hydrogen) atoms. The molecular weight excluding hydrogens is 243 g/mol. The normalized spacial score (nSPS) is 19.3. The van der Waals surface area contributed by atoms with E-state index in [1.165, 1.54) is 10.6 Å². The van der Waals surface area contributed by atoms with Crippen LogP contribution >= 0.6 is 7.92 Å². The Kier molecular flexibility index (Phi) is 3.70. The van der Waals surface area contributed by atoms with Crippen LogP contribution in [0.4, 0.5) is 0 Å². The first-order valence-electron chi connectivity index (χ1n) is 6.13. The van der Waals surface area contributed by atoms with E-state index in [0.29, 0.717) is 6.61 Å². The highest BCUT2D eigenvalue weighted by atomic mass is 31.1. The molecule has 0 spiro atoms. The SMILES string of the molecule is c1ccc(P(c2ccccc2)C2CCOO2)cc1. The molecule has 3 heteroatoms. The molecule has 0 aromatic heterocycles. The standard InChI is InChI=1S/C15H15O2P/c1-3-7-13(8-4-1)18(15-11-12-16-17-15)14-9-5-2-6-10-14/h1-10,15H,11-12H2. The van der Waals surface area contributed by atoms with Gasteiger partial charge in [0.25, 0.3) is 0 Å². The third-order valence-corrected chi connectivity index (χ3v) is 5.61. The Balaban J connectivity index is 1.98. The Morgan fingerprint density at radius 1 is 0.833 bits per heavy atom. The molecule has 0 bridgehead atoms. The summed E-state index contributed by atoms with van der Waals surface area (Å²) in [4.78, 5) is 10.5. The zero-order valence-electron chi connectivity index (χ0n) is 10.0. The van der Waals surface area contributed by atoms with E-state index < -0.39 is 7.92 Å². The van der Waals surface area contributed by atoms with Crippen LogP contribution in [-0.4, -0.2) is 12.5 Å². The van der Waals surface area contributed by atoms with Crippen molar-refractivity contribution < 1.29 is 9.78 Å². The summed E-state index contributed by atoms with van der Waals surface area (Å²) in [5, 5.41) is 2.68. The Bertz CT molecular complexity index is 441. The van der Waals surface area contributed by atoms with Crippen LogP contribution in [0.1, 0.15) is 6.42 Å². The van der Waals surface area contributed by atoms with E-state index in [2.05, 4.69) is 48.5 Å². The number of hydrogen-bond donors (Lipinski definition) is 0. The van der Waals surface area contributed by atoms with Gasteiger partial charge >= 0.3 is 0 Å². The van der Waals surface area contributed by atoms with Gasteiger partial charge in [-0.2, -0.15) is 0 Å². The third-order valence-electron chi connectivity index (χ3n) is 2.98. The van der Waals surface area contributed by atoms with Crippen molar-refractivity contribution in [3.63, 3.8) is 0 Å². The smallest absolute Gasteiger partial charge is 0.122 e. The lowest BCUT2D eigenvalue weighted by molar-refractivity contribution is -0.257. The summed E-state index contributed by atoms with van der Waals surface area (Å²) >= 11 is 0. The lowest BCUT2D eigenvalue weighted by Crippen LogP contribution is -2.20. The van der Waals surface area contributed by atoms with E-state index in [-0.39, 0.29) is 5.85 Å². The topological polar surface area (TPSA) is 18.5 Å². The molecule has 3 rings (SSSR count). The molecule has 0 radical (unpaired) electrons. The summed E-state index contributed by atoms with van der Waals surface area (Å²) < 4.78 is 0. The average molecular weight is 258 g/mol. The van der Waals surface area contributed by atoms with Crippen LogP contribution in [0.15, 0.2) is 60.7 Å². The van der Waals surface area contributed by atoms with Crippen LogP contribution < -0.4 is 10.6 Å². The van der Waals surface area contributed by atoms with Crippen LogP contribution in [0, 0.1) is 0 Å². The van der Waals surface area contributed by atoms with E-state index in [1.807, 2.05) is 12.1 Å². The minimum atomic E-state index is -0.499. The molecule has 0 saturated carbocycles. The molecule has 1 fully saturated rings. The second kappa shape index (κ2) is 5.62. The second-order valence-corrected chi connectivity index (χ2v) is 6.55. The highest BCUT2D eigenvalue weighted by molar-refractivity contribution is 7.73. The van der Waals surface area contributed by atoms with Crippen molar-refractivity contribution in [1.82, 2.24) is 0 Å². The van der Waals surface area contributed by atoms with Crippen molar-refractivity contribution in [3.05, 3.63) is 60.7 Å². The van der Waals surface area contributed by atoms with Crippen LogP contribution in [0.5, 0.6) is 0 Å². The van der Waals surface area contributed by atoms with Gasteiger partial charge in [-0.25, -0.2) is 9.78 Å². The van der Waals surface area contributed by atoms with Crippen LogP contribution in [0.25, 0.3) is 0 Å². The van der Waals surface area contributed by atoms with Gasteiger partial charge in [0.15, 0.2) is 0 Å². The summed E-state index contributed by atoms with van der Waals surface area (Å²) in [6, 6.07) is 21.2. The van der Waals surface area contributed by atoms with E-state index in [0.717, 1.165) is 6.42 Å². The zero-order chi connectivity index (χ0) is 12.2. The van der Waals surface area contributed by atoms with Gasteiger partial charge in [0.2, 0.25) is 0 Å². The predicted molar refractivity (Wildman–Crippen MR) is 74.5 cm³/mol. The third kappa shape index (κ3) is 2.46. The molecule has 1 aliphatic heterocycles. The van der Waals surface area contributed by atoms with Gasteiger partial charge in [-0.1, -0.05) is 60.7 Å². The molecule has 2 nitrogen and oxygen atoms in total. The Morgan fingerprint density at radius 3 is 1.83 bits per heavy atom. The first-order chi connectivity index (χ1) is 8.95. The highest BCUT2D eigenvalue weighted by Crippen LogP contribution is 2.43. The molecule has 1 atom stereocenters. The second-order valence-electron chi connectivity index (χ2n) is 4.20. The molecule has 2 aromatic rings. The van der Waals surface area contributed by atoms with Gasteiger partial charge in [-0.3, -0.25) is 0 Å². The van der Waals surface area contributed by atoms with Gasteiger partial charge in [0.1, 0.15) is 5.85 Å². The highest BCUT2D eigenvalue weighted by Gasteiger charge is 2.29. The summed E-state index contributed by atoms with van der Waals surface area (Å²) in [5.41, 5.74) is 0. The Labute approximate surface area is 108 Å². The van der Waals surface area contributed by atoms with E-state index >= 15 is 0 Å². The Hall–Kier alpha value is -1.21. The summed E-state index contributed by atoms with van der Waals surface area (Å²) in [6.45, 7) is 0.698. The average Bonchev–Trinajstić information content (AvgIpc) is 2.95. The van der Waals surface area contributed by atoms with E-state index in [4.69, 9.17) is 9.78 Å². The minimum absolute atomic E-state index is 0.171. The van der Waals surface area contributed by atoms with Crippen molar-refractivity contribution >= 4 is 18.5 Å². The summed E-state index contributed by atoms with van der Waals surface area (Å²) in [6.07, 6.45) is 0.968. The maximum absolute atomic E-state index is 5.45. The maximum Gasteiger partial charge on any atom is 0.122 e. The molecular formula is C15H15O2P. The zero-order valence-corrected chi connectivity index (χ0v) is 10.9. The van der Waals surface area contributed by atoms with Gasteiger partial charge in [0, 0.05) is 6.42 Å². The number of benzene rings is 2. The summed E-state index contributed by atoms with van der Waals surface area (Å²) in [5.74, 6) is 0.171. The molecule has 2 aromatic carbocycles. The predicted octanol–water partition coefficient (Wildman–Crippen LogP) is 2.80. The molecule has 0 amide bonds. The van der Waals surface area contributed by atoms with Gasteiger partial charge in [0.05, 0.1) is 6.61 Å². The molecule has 0 aliphatic carbocycles. The summed E-state index contributed by atoms with van der Waals surface area (Å²) in [7, 11) is -0.499. The molecule has 1 unspecified atom stereocenters. The molecule has 1 heterocycles. The molecule has 92 valence electrons. The molecule has 1 aliphatic rings. The van der Waals surface area contributed by atoms with Gasteiger partial charge in [-0.05, 0) is 18.5 Å². The first kappa shape index (κ1) is 11.9. The Morgan fingerprint density at radius 2 is 1.39 bits per heavy atom. The fourth-order valence-electron chi connectivity index (χ4n) is 2.15. The van der Waals surface area contributed by atoms with Crippen molar-refractivity contribution in [2.45, 2.75) is 12.3 Å². The van der Waals surface area contributed by atoms with Crippen molar-refractivity contribution in [2.24, 2.45) is 0 Å². The van der Waals surface area contributed by atoms with E-state index in [1.54, 1.807) is 0 Å². The van der Waals surface area contributed by atoms with E-state index in [9.17, 15) is 0 Å². The van der Waals surface area contributed by atoms with Gasteiger partial charge < -0.3 is 0 Å². The van der Waals surface area contributed by atoms with Crippen LogP contribution in [-0.2, 0) is 9.78 Å². The quantitative estimate of drug-likeness (QED) is 0.622. The number of rotatable bonds is 3. The van der Waals surface area contributed by atoms with Crippen LogP contribution in [0.2, 0.25) is 0 Å². The lowest BCUT2D eigenvalue weighted by Gasteiger charge is -2.22. The van der Waals surface area contributed by atoms with Crippen molar-refractivity contribution in [2.75, 3.05) is 6.61 Å². The largest absolute Gasteiger partial charge is 0.236 e. The first-order valence-corrected chi connectivity index (χ1v) is 7.54. The monoisotopic (exact) mass is 258 g/mol. The van der Waals surface area contributed by atoms with Crippen molar-refractivity contribution in [3.8, 4) is 0 Å². The van der Waals surface area contributed by atoms with Crippen LogP contribution in [0.3, 0.4) is 0 Å². The molecule has 1 saturated heterocycles. The lowest BCUT2D eigenvalue weighted by atomic mass is 10.4. The van der Waals surface area contributed by atoms with Crippen molar-refractivity contribution in [1.29, 1.82) is 0 Å². The number of hydrogen-bond acceptors (Lipinski definition) is 2. The molecule has 0 N–H and O–H groups in total. The fraction of sp³-hybridized carbons (Fsp3) is 0.200. The van der Waals surface area contributed by atoms with Gasteiger partial charge in [-0.15, -0.1) is 0 Å². The maximum atomic E-state index is 5.45.